The largest absolute Gasteiger partial charge is 0.256 e. The van der Waals surface area contributed by atoms with E-state index in [0.29, 0.717) is 5.92 Å². The highest BCUT2D eigenvalue weighted by atomic mass is 32.1. The van der Waals surface area contributed by atoms with Crippen LogP contribution in [0.2, 0.25) is 0 Å². The smallest absolute Gasteiger partial charge is 0.0708 e. The first-order valence-corrected chi connectivity index (χ1v) is 10.5. The number of hydrogen-bond acceptors (Lipinski definition) is 2. The molecule has 0 saturated carbocycles. The van der Waals surface area contributed by atoms with Gasteiger partial charge in [-0.15, -0.1) is 11.3 Å². The lowest BCUT2D eigenvalue weighted by Crippen LogP contribution is -1.96. The Morgan fingerprint density at radius 2 is 1.46 bits per heavy atom. The van der Waals surface area contributed by atoms with Crippen LogP contribution in [0.25, 0.3) is 42.6 Å². The van der Waals surface area contributed by atoms with Crippen molar-refractivity contribution < 1.29 is 0 Å². The summed E-state index contributed by atoms with van der Waals surface area (Å²) < 4.78 is 2.66. The summed E-state index contributed by atoms with van der Waals surface area (Å²) in [6.45, 7) is 4.46. The van der Waals surface area contributed by atoms with E-state index in [1.165, 1.54) is 42.4 Å². The van der Waals surface area contributed by atoms with Crippen molar-refractivity contribution in [3.8, 4) is 22.4 Å². The Labute approximate surface area is 169 Å². The van der Waals surface area contributed by atoms with Crippen molar-refractivity contribution in [2.75, 3.05) is 0 Å². The summed E-state index contributed by atoms with van der Waals surface area (Å²) in [5.74, 6) is 0.431. The summed E-state index contributed by atoms with van der Waals surface area (Å²) in [4.78, 5) is 4.83. The first-order valence-electron chi connectivity index (χ1n) is 9.68. The van der Waals surface area contributed by atoms with Crippen molar-refractivity contribution in [2.45, 2.75) is 19.8 Å². The van der Waals surface area contributed by atoms with Gasteiger partial charge in [0.25, 0.3) is 0 Å². The van der Waals surface area contributed by atoms with Gasteiger partial charge in [-0.3, -0.25) is 4.98 Å². The molecule has 0 radical (unpaired) electrons. The van der Waals surface area contributed by atoms with Gasteiger partial charge < -0.3 is 0 Å². The molecule has 2 heteroatoms. The second kappa shape index (κ2) is 6.88. The molecular weight excluding hydrogens is 358 g/mol. The Bertz CT molecular complexity index is 1280. The normalized spacial score (nSPS) is 11.5. The highest BCUT2D eigenvalue weighted by molar-refractivity contribution is 7.25. The summed E-state index contributed by atoms with van der Waals surface area (Å²) in [5.41, 5.74) is 6.01. The van der Waals surface area contributed by atoms with Gasteiger partial charge in [0.1, 0.15) is 0 Å². The molecule has 0 aliphatic heterocycles. The standard InChI is InChI=1S/C26H21NS/c1-17(2)23-16-27-24(15-21(23)18-8-4-3-5-9-18)19-12-13-26-22(14-19)20-10-6-7-11-25(20)28-26/h3-17H,1-2H3. The number of thiophene rings is 1. The molecule has 5 aromatic rings. The van der Waals surface area contributed by atoms with Crippen LogP contribution in [0, 0.1) is 0 Å². The summed E-state index contributed by atoms with van der Waals surface area (Å²) in [6, 6.07) is 28.2. The van der Waals surface area contributed by atoms with E-state index < -0.39 is 0 Å². The van der Waals surface area contributed by atoms with Crippen LogP contribution in [0.1, 0.15) is 25.3 Å². The van der Waals surface area contributed by atoms with E-state index in [4.69, 9.17) is 4.98 Å². The molecule has 3 aromatic carbocycles. The molecule has 1 nitrogen and oxygen atoms in total. The Morgan fingerprint density at radius 3 is 2.29 bits per heavy atom. The molecule has 0 aliphatic rings. The fraction of sp³-hybridized carbons (Fsp3) is 0.115. The third-order valence-corrected chi connectivity index (χ3v) is 6.47. The fourth-order valence-corrected chi connectivity index (χ4v) is 4.92. The Kier molecular flexibility index (Phi) is 4.22. The van der Waals surface area contributed by atoms with Crippen LogP contribution in [0.15, 0.2) is 85.1 Å². The Hall–Kier alpha value is -2.97. The summed E-state index contributed by atoms with van der Waals surface area (Å²) in [7, 11) is 0. The Morgan fingerprint density at radius 1 is 0.714 bits per heavy atom. The molecule has 0 unspecified atom stereocenters. The van der Waals surface area contributed by atoms with Crippen LogP contribution in [0.5, 0.6) is 0 Å². The average Bonchev–Trinajstić information content (AvgIpc) is 3.12. The minimum atomic E-state index is 0.431. The second-order valence-corrected chi connectivity index (χ2v) is 8.57. The highest BCUT2D eigenvalue weighted by Crippen LogP contribution is 2.37. The van der Waals surface area contributed by atoms with Gasteiger partial charge in [0.2, 0.25) is 0 Å². The molecule has 0 atom stereocenters. The van der Waals surface area contributed by atoms with E-state index in [1.807, 2.05) is 11.3 Å². The van der Waals surface area contributed by atoms with Crippen molar-refractivity contribution in [3.05, 3.63) is 90.6 Å². The van der Waals surface area contributed by atoms with Crippen LogP contribution in [0.3, 0.4) is 0 Å². The molecule has 2 aromatic heterocycles. The Balaban J connectivity index is 1.70. The lowest BCUT2D eigenvalue weighted by Gasteiger charge is -2.14. The lowest BCUT2D eigenvalue weighted by atomic mass is 9.93. The van der Waals surface area contributed by atoms with Gasteiger partial charge in [-0.1, -0.05) is 68.4 Å². The van der Waals surface area contributed by atoms with Gasteiger partial charge in [-0.05, 0) is 46.9 Å². The number of hydrogen-bond donors (Lipinski definition) is 0. The van der Waals surface area contributed by atoms with Crippen LogP contribution in [-0.4, -0.2) is 4.98 Å². The zero-order valence-corrected chi connectivity index (χ0v) is 16.8. The van der Waals surface area contributed by atoms with Gasteiger partial charge in [-0.25, -0.2) is 0 Å². The molecule has 136 valence electrons. The average molecular weight is 380 g/mol. The topological polar surface area (TPSA) is 12.9 Å². The fourth-order valence-electron chi connectivity index (χ4n) is 3.84. The number of pyridine rings is 1. The number of nitrogens with zero attached hydrogens (tertiary/aromatic N) is 1. The third-order valence-electron chi connectivity index (χ3n) is 5.31. The lowest BCUT2D eigenvalue weighted by molar-refractivity contribution is 0.861. The van der Waals surface area contributed by atoms with E-state index >= 15 is 0 Å². The minimum Gasteiger partial charge on any atom is -0.256 e. The molecule has 2 heterocycles. The number of benzene rings is 3. The summed E-state index contributed by atoms with van der Waals surface area (Å²) in [5, 5.41) is 2.64. The van der Waals surface area contributed by atoms with Gasteiger partial charge in [-0.2, -0.15) is 0 Å². The monoisotopic (exact) mass is 379 g/mol. The van der Waals surface area contributed by atoms with Gasteiger partial charge in [0, 0.05) is 31.9 Å². The van der Waals surface area contributed by atoms with E-state index in [2.05, 4.69) is 98.9 Å². The molecule has 28 heavy (non-hydrogen) atoms. The van der Waals surface area contributed by atoms with E-state index in [-0.39, 0.29) is 0 Å². The van der Waals surface area contributed by atoms with E-state index in [1.54, 1.807) is 0 Å². The van der Waals surface area contributed by atoms with Gasteiger partial charge in [0.05, 0.1) is 5.69 Å². The molecule has 0 N–H and O–H groups in total. The van der Waals surface area contributed by atoms with Crippen LogP contribution >= 0.6 is 11.3 Å². The van der Waals surface area contributed by atoms with Crippen molar-refractivity contribution in [1.29, 1.82) is 0 Å². The number of aromatic nitrogens is 1. The zero-order chi connectivity index (χ0) is 19.1. The van der Waals surface area contributed by atoms with E-state index in [0.717, 1.165) is 5.69 Å². The molecule has 0 saturated heterocycles. The first-order chi connectivity index (χ1) is 13.7. The maximum atomic E-state index is 4.83. The third kappa shape index (κ3) is 2.90. The molecule has 0 amide bonds. The van der Waals surface area contributed by atoms with Crippen molar-refractivity contribution in [3.63, 3.8) is 0 Å². The summed E-state index contributed by atoms with van der Waals surface area (Å²) >= 11 is 1.85. The van der Waals surface area contributed by atoms with Crippen LogP contribution in [0.4, 0.5) is 0 Å². The highest BCUT2D eigenvalue weighted by Gasteiger charge is 2.13. The number of rotatable bonds is 3. The first kappa shape index (κ1) is 17.2. The second-order valence-electron chi connectivity index (χ2n) is 7.49. The molecule has 0 aliphatic carbocycles. The van der Waals surface area contributed by atoms with E-state index in [9.17, 15) is 0 Å². The SMILES string of the molecule is CC(C)c1cnc(-c2ccc3sc4ccccc4c3c2)cc1-c1ccccc1. The van der Waals surface area contributed by atoms with Gasteiger partial charge in [0.15, 0.2) is 0 Å². The van der Waals surface area contributed by atoms with Crippen molar-refractivity contribution in [2.24, 2.45) is 0 Å². The van der Waals surface area contributed by atoms with Crippen molar-refractivity contribution in [1.82, 2.24) is 4.98 Å². The maximum absolute atomic E-state index is 4.83. The predicted octanol–water partition coefficient (Wildman–Crippen LogP) is 7.91. The molecular formula is C26H21NS. The zero-order valence-electron chi connectivity index (χ0n) is 16.0. The van der Waals surface area contributed by atoms with Crippen molar-refractivity contribution >= 4 is 31.5 Å². The maximum Gasteiger partial charge on any atom is 0.0708 e. The quantitative estimate of drug-likeness (QED) is 0.310. The summed E-state index contributed by atoms with van der Waals surface area (Å²) in [6.07, 6.45) is 2.05. The number of fused-ring (bicyclic) bond motifs is 3. The van der Waals surface area contributed by atoms with Crippen LogP contribution in [-0.2, 0) is 0 Å². The molecule has 0 spiro atoms. The molecule has 0 bridgehead atoms. The molecule has 0 fully saturated rings. The predicted molar refractivity (Wildman–Crippen MR) is 122 cm³/mol. The van der Waals surface area contributed by atoms with Crippen LogP contribution < -0.4 is 0 Å². The van der Waals surface area contributed by atoms with Gasteiger partial charge >= 0.3 is 0 Å². The minimum absolute atomic E-state index is 0.431. The molecule has 5 rings (SSSR count).